The number of carbonyl (C=O) groups is 1. The number of aryl methyl sites for hydroxylation is 3. The zero-order chi connectivity index (χ0) is 22.3. The molecule has 0 saturated carbocycles. The maximum Gasteiger partial charge on any atom is 0.336 e. The summed E-state index contributed by atoms with van der Waals surface area (Å²) in [6.07, 6.45) is 0. The number of hydrogen-bond donors (Lipinski definition) is 1. The molecule has 0 atom stereocenters. The molecule has 31 heavy (non-hydrogen) atoms. The van der Waals surface area contributed by atoms with Crippen molar-refractivity contribution in [2.45, 2.75) is 27.3 Å². The third kappa shape index (κ3) is 3.94. The standard InChI is InChI=1S/C23H20FN3O3S/c1-13-8-14(2)10-17(9-13)27-22(29)21-19(6-7-31-21)26(23(27)30)12-20(28)25-16-5-4-15(3)18(24)11-16/h4-11H,12H2,1-3H3,(H,25,28). The highest BCUT2D eigenvalue weighted by Crippen LogP contribution is 2.18. The second-order valence-corrected chi connectivity index (χ2v) is 8.42. The first kappa shape index (κ1) is 20.7. The van der Waals surface area contributed by atoms with Gasteiger partial charge in [-0.15, -0.1) is 11.3 Å². The second kappa shape index (κ2) is 7.96. The van der Waals surface area contributed by atoms with Gasteiger partial charge in [-0.3, -0.25) is 14.2 Å². The number of rotatable bonds is 4. The maximum absolute atomic E-state index is 13.8. The molecule has 0 aliphatic carbocycles. The van der Waals surface area contributed by atoms with E-state index in [2.05, 4.69) is 5.32 Å². The van der Waals surface area contributed by atoms with E-state index >= 15 is 0 Å². The van der Waals surface area contributed by atoms with Crippen LogP contribution in [-0.4, -0.2) is 15.0 Å². The van der Waals surface area contributed by atoms with Crippen molar-refractivity contribution in [3.05, 3.63) is 91.2 Å². The monoisotopic (exact) mass is 437 g/mol. The van der Waals surface area contributed by atoms with Crippen LogP contribution in [0.2, 0.25) is 0 Å². The highest BCUT2D eigenvalue weighted by Gasteiger charge is 2.18. The summed E-state index contributed by atoms with van der Waals surface area (Å²) in [5, 5.41) is 4.32. The van der Waals surface area contributed by atoms with E-state index < -0.39 is 23.0 Å². The van der Waals surface area contributed by atoms with Gasteiger partial charge in [0, 0.05) is 5.69 Å². The minimum atomic E-state index is -0.605. The van der Waals surface area contributed by atoms with Crippen molar-refractivity contribution in [1.82, 2.24) is 9.13 Å². The molecule has 2 aromatic carbocycles. The molecule has 0 radical (unpaired) electrons. The fourth-order valence-corrected chi connectivity index (χ4v) is 4.39. The minimum absolute atomic E-state index is 0.297. The molecule has 1 N–H and O–H groups in total. The van der Waals surface area contributed by atoms with Crippen molar-refractivity contribution in [3.63, 3.8) is 0 Å². The van der Waals surface area contributed by atoms with Crippen LogP contribution in [0.4, 0.5) is 10.1 Å². The van der Waals surface area contributed by atoms with Gasteiger partial charge in [-0.1, -0.05) is 12.1 Å². The van der Waals surface area contributed by atoms with E-state index in [1.165, 1.54) is 22.0 Å². The Balaban J connectivity index is 1.80. The fourth-order valence-electron chi connectivity index (χ4n) is 3.56. The molecule has 158 valence electrons. The van der Waals surface area contributed by atoms with Crippen molar-refractivity contribution in [2.24, 2.45) is 0 Å². The Morgan fingerprint density at radius 2 is 1.74 bits per heavy atom. The molecule has 0 saturated heterocycles. The molecule has 2 aromatic heterocycles. The van der Waals surface area contributed by atoms with E-state index in [1.807, 2.05) is 19.9 Å². The molecule has 0 aliphatic heterocycles. The summed E-state index contributed by atoms with van der Waals surface area (Å²) >= 11 is 1.21. The van der Waals surface area contributed by atoms with Crippen LogP contribution >= 0.6 is 11.3 Å². The van der Waals surface area contributed by atoms with E-state index in [-0.39, 0.29) is 6.54 Å². The third-order valence-electron chi connectivity index (χ3n) is 4.98. The minimum Gasteiger partial charge on any atom is -0.324 e. The van der Waals surface area contributed by atoms with Gasteiger partial charge >= 0.3 is 5.69 Å². The molecule has 0 bridgehead atoms. The van der Waals surface area contributed by atoms with Crippen LogP contribution in [-0.2, 0) is 11.3 Å². The molecule has 8 heteroatoms. The molecule has 4 rings (SSSR count). The molecular weight excluding hydrogens is 417 g/mol. The number of amides is 1. The van der Waals surface area contributed by atoms with Crippen LogP contribution in [0.5, 0.6) is 0 Å². The normalized spacial score (nSPS) is 11.1. The van der Waals surface area contributed by atoms with Gasteiger partial charge in [0.05, 0.1) is 11.2 Å². The Morgan fingerprint density at radius 1 is 1.03 bits per heavy atom. The molecule has 6 nitrogen and oxygen atoms in total. The van der Waals surface area contributed by atoms with Crippen LogP contribution in [0.15, 0.2) is 57.4 Å². The van der Waals surface area contributed by atoms with E-state index in [1.54, 1.807) is 42.6 Å². The summed E-state index contributed by atoms with van der Waals surface area (Å²) in [5.74, 6) is -0.929. The van der Waals surface area contributed by atoms with E-state index in [9.17, 15) is 18.8 Å². The van der Waals surface area contributed by atoms with Crippen LogP contribution in [0.3, 0.4) is 0 Å². The maximum atomic E-state index is 13.8. The topological polar surface area (TPSA) is 73.1 Å². The van der Waals surface area contributed by atoms with Crippen molar-refractivity contribution >= 4 is 33.1 Å². The molecule has 1 amide bonds. The summed E-state index contributed by atoms with van der Waals surface area (Å²) in [5.41, 5.74) is 2.42. The Kier molecular flexibility index (Phi) is 5.32. The summed E-state index contributed by atoms with van der Waals surface area (Å²) in [7, 11) is 0. The first-order valence-electron chi connectivity index (χ1n) is 9.62. The second-order valence-electron chi connectivity index (χ2n) is 7.50. The number of nitrogens with one attached hydrogen (secondary N) is 1. The van der Waals surface area contributed by atoms with Crippen molar-refractivity contribution in [2.75, 3.05) is 5.32 Å². The van der Waals surface area contributed by atoms with Crippen molar-refractivity contribution < 1.29 is 9.18 Å². The number of aromatic nitrogens is 2. The summed E-state index contributed by atoms with van der Waals surface area (Å²) in [4.78, 5) is 39.0. The molecule has 0 unspecified atom stereocenters. The van der Waals surface area contributed by atoms with E-state index in [0.29, 0.717) is 27.2 Å². The van der Waals surface area contributed by atoms with Gasteiger partial charge in [-0.05, 0) is 73.2 Å². The van der Waals surface area contributed by atoms with Crippen molar-refractivity contribution in [1.29, 1.82) is 0 Å². The van der Waals surface area contributed by atoms with Gasteiger partial charge in [-0.2, -0.15) is 0 Å². The summed E-state index contributed by atoms with van der Waals surface area (Å²) < 4.78 is 16.5. The molecule has 0 spiro atoms. The lowest BCUT2D eigenvalue weighted by molar-refractivity contribution is -0.116. The Labute approximate surface area is 181 Å². The predicted octanol–water partition coefficient (Wildman–Crippen LogP) is 3.92. The lowest BCUT2D eigenvalue weighted by Crippen LogP contribution is -2.40. The van der Waals surface area contributed by atoms with Gasteiger partial charge in [0.2, 0.25) is 5.91 Å². The predicted molar refractivity (Wildman–Crippen MR) is 121 cm³/mol. The quantitative estimate of drug-likeness (QED) is 0.526. The number of halogens is 1. The lowest BCUT2D eigenvalue weighted by atomic mass is 10.1. The fraction of sp³-hybridized carbons (Fsp3) is 0.174. The van der Waals surface area contributed by atoms with E-state index in [4.69, 9.17) is 0 Å². The third-order valence-corrected chi connectivity index (χ3v) is 5.87. The molecule has 2 heterocycles. The number of nitrogens with zero attached hydrogens (tertiary/aromatic N) is 2. The van der Waals surface area contributed by atoms with E-state index in [0.717, 1.165) is 15.7 Å². The summed E-state index contributed by atoms with van der Waals surface area (Å²) in [6, 6.07) is 11.5. The van der Waals surface area contributed by atoms with Gasteiger partial charge in [0.15, 0.2) is 0 Å². The van der Waals surface area contributed by atoms with Gasteiger partial charge in [-0.25, -0.2) is 13.8 Å². The molecule has 0 fully saturated rings. The Bertz CT molecular complexity index is 1430. The Morgan fingerprint density at radius 3 is 2.42 bits per heavy atom. The van der Waals surface area contributed by atoms with Gasteiger partial charge in [0.1, 0.15) is 17.1 Å². The van der Waals surface area contributed by atoms with Crippen molar-refractivity contribution in [3.8, 4) is 5.69 Å². The number of thiophene rings is 1. The SMILES string of the molecule is Cc1cc(C)cc(-n2c(=O)c3sccc3n(CC(=O)Nc3ccc(C)c(F)c3)c2=O)c1. The van der Waals surface area contributed by atoms with Crippen LogP contribution in [0.1, 0.15) is 16.7 Å². The molecular formula is C23H20FN3O3S. The number of anilines is 1. The van der Waals surface area contributed by atoms with Crippen LogP contribution < -0.4 is 16.6 Å². The largest absolute Gasteiger partial charge is 0.336 e. The first-order valence-corrected chi connectivity index (χ1v) is 10.5. The zero-order valence-electron chi connectivity index (χ0n) is 17.2. The smallest absolute Gasteiger partial charge is 0.324 e. The number of carbonyl (C=O) groups excluding carboxylic acids is 1. The number of fused-ring (bicyclic) bond motifs is 1. The highest BCUT2D eigenvalue weighted by atomic mass is 32.1. The van der Waals surface area contributed by atoms with Crippen LogP contribution in [0, 0.1) is 26.6 Å². The molecule has 0 aliphatic rings. The Hall–Kier alpha value is -3.52. The lowest BCUT2D eigenvalue weighted by Gasteiger charge is -2.13. The molecule has 4 aromatic rings. The highest BCUT2D eigenvalue weighted by molar-refractivity contribution is 7.17. The van der Waals surface area contributed by atoms with Crippen LogP contribution in [0.25, 0.3) is 15.9 Å². The average molecular weight is 437 g/mol. The summed E-state index contributed by atoms with van der Waals surface area (Å²) in [6.45, 7) is 5.09. The zero-order valence-corrected chi connectivity index (χ0v) is 18.0. The van der Waals surface area contributed by atoms with Gasteiger partial charge in [0.25, 0.3) is 5.56 Å². The average Bonchev–Trinajstić information content (AvgIpc) is 3.17. The number of hydrogen-bond acceptors (Lipinski definition) is 4. The van der Waals surface area contributed by atoms with Gasteiger partial charge < -0.3 is 5.32 Å². The first-order chi connectivity index (χ1) is 14.7. The number of benzene rings is 2.